The van der Waals surface area contributed by atoms with Crippen LogP contribution in [-0.4, -0.2) is 22.7 Å². The number of nitrogens with zero attached hydrogens (tertiary/aromatic N) is 1. The summed E-state index contributed by atoms with van der Waals surface area (Å²) >= 11 is 1.26. The fourth-order valence-electron chi connectivity index (χ4n) is 2.31. The first-order chi connectivity index (χ1) is 12.2. The molecular formula is C20H17NO3S. The number of hydrogen-bond donors (Lipinski definition) is 1. The van der Waals surface area contributed by atoms with Gasteiger partial charge in [0.05, 0.1) is 17.2 Å². The third-order valence-electron chi connectivity index (χ3n) is 3.45. The number of para-hydroxylation sites is 1. The van der Waals surface area contributed by atoms with Gasteiger partial charge in [-0.25, -0.2) is 9.79 Å². The number of thioether (sulfide) groups is 1. The van der Waals surface area contributed by atoms with E-state index >= 15 is 0 Å². The molecule has 0 aromatic heterocycles. The smallest absolute Gasteiger partial charge is 0.344 e. The van der Waals surface area contributed by atoms with Crippen LogP contribution in [-0.2, 0) is 9.53 Å². The summed E-state index contributed by atoms with van der Waals surface area (Å²) < 4.78 is 5.08. The molecule has 0 fully saturated rings. The molecule has 0 bridgehead atoms. The summed E-state index contributed by atoms with van der Waals surface area (Å²) in [6, 6.07) is 18.9. The third-order valence-corrected chi connectivity index (χ3v) is 4.47. The number of ether oxygens (including phenoxy) is 1. The lowest BCUT2D eigenvalue weighted by Gasteiger charge is -2.03. The van der Waals surface area contributed by atoms with Gasteiger partial charge in [-0.1, -0.05) is 60.3 Å². The Morgan fingerprint density at radius 2 is 1.76 bits per heavy atom. The molecule has 0 saturated heterocycles. The van der Waals surface area contributed by atoms with Crippen LogP contribution in [0.4, 0.5) is 5.69 Å². The number of esters is 1. The van der Waals surface area contributed by atoms with Crippen LogP contribution < -0.4 is 0 Å². The normalized spacial score (nSPS) is 17.3. The van der Waals surface area contributed by atoms with Crippen molar-refractivity contribution >= 4 is 34.5 Å². The van der Waals surface area contributed by atoms with E-state index in [9.17, 15) is 9.90 Å². The quantitative estimate of drug-likeness (QED) is 0.798. The van der Waals surface area contributed by atoms with Gasteiger partial charge in [-0.15, -0.1) is 0 Å². The first kappa shape index (κ1) is 17.0. The maximum Gasteiger partial charge on any atom is 0.344 e. The largest absolute Gasteiger partial charge is 0.506 e. The molecule has 126 valence electrons. The van der Waals surface area contributed by atoms with E-state index in [0.29, 0.717) is 15.6 Å². The van der Waals surface area contributed by atoms with Crippen molar-refractivity contribution in [3.63, 3.8) is 0 Å². The zero-order valence-electron chi connectivity index (χ0n) is 13.7. The summed E-state index contributed by atoms with van der Waals surface area (Å²) in [5.74, 6) is -0.666. The van der Waals surface area contributed by atoms with Gasteiger partial charge >= 0.3 is 5.97 Å². The molecule has 0 atom stereocenters. The van der Waals surface area contributed by atoms with Gasteiger partial charge in [0.1, 0.15) is 16.4 Å². The van der Waals surface area contributed by atoms with Crippen molar-refractivity contribution in [3.05, 3.63) is 82.5 Å². The first-order valence-corrected chi connectivity index (χ1v) is 8.70. The van der Waals surface area contributed by atoms with Gasteiger partial charge < -0.3 is 9.84 Å². The summed E-state index contributed by atoms with van der Waals surface area (Å²) in [7, 11) is 0. The van der Waals surface area contributed by atoms with Crippen LogP contribution in [0.25, 0.3) is 6.08 Å². The molecule has 0 saturated carbocycles. The van der Waals surface area contributed by atoms with Crippen LogP contribution in [0.5, 0.6) is 0 Å². The average Bonchev–Trinajstić information content (AvgIpc) is 2.92. The van der Waals surface area contributed by atoms with Gasteiger partial charge in [-0.2, -0.15) is 0 Å². The Balaban J connectivity index is 2.03. The highest BCUT2D eigenvalue weighted by atomic mass is 32.2. The lowest BCUT2D eigenvalue weighted by Crippen LogP contribution is -2.12. The lowest BCUT2D eigenvalue weighted by molar-refractivity contribution is -0.138. The van der Waals surface area contributed by atoms with E-state index in [1.54, 1.807) is 6.92 Å². The predicted octanol–water partition coefficient (Wildman–Crippen LogP) is 4.88. The van der Waals surface area contributed by atoms with Crippen LogP contribution in [0.2, 0.25) is 0 Å². The highest BCUT2D eigenvalue weighted by Crippen LogP contribution is 2.40. The maximum absolute atomic E-state index is 12.3. The monoisotopic (exact) mass is 351 g/mol. The van der Waals surface area contributed by atoms with Crippen LogP contribution in [0.3, 0.4) is 0 Å². The van der Waals surface area contributed by atoms with Crippen molar-refractivity contribution in [2.45, 2.75) is 6.92 Å². The fraction of sp³-hybridized carbons (Fsp3) is 0.100. The van der Waals surface area contributed by atoms with E-state index in [1.807, 2.05) is 66.7 Å². The van der Waals surface area contributed by atoms with Crippen molar-refractivity contribution < 1.29 is 14.6 Å². The molecule has 1 heterocycles. The SMILES string of the molecule is CCOC(=O)C1=C(O)/C(=C\c2ccccc2)SC1=Nc1ccccc1. The molecule has 1 aliphatic rings. The minimum Gasteiger partial charge on any atom is -0.506 e. The van der Waals surface area contributed by atoms with Crippen molar-refractivity contribution in [2.75, 3.05) is 6.61 Å². The number of aliphatic imine (C=N–C) groups is 1. The molecule has 3 rings (SSSR count). The highest BCUT2D eigenvalue weighted by Gasteiger charge is 2.33. The average molecular weight is 351 g/mol. The summed E-state index contributed by atoms with van der Waals surface area (Å²) in [5.41, 5.74) is 1.75. The summed E-state index contributed by atoms with van der Waals surface area (Å²) in [6.45, 7) is 1.96. The van der Waals surface area contributed by atoms with Crippen molar-refractivity contribution in [1.82, 2.24) is 0 Å². The third kappa shape index (κ3) is 4.00. The molecular weight excluding hydrogens is 334 g/mol. The van der Waals surface area contributed by atoms with Crippen LogP contribution in [0, 0.1) is 0 Å². The Hall–Kier alpha value is -2.79. The van der Waals surface area contributed by atoms with Gasteiger partial charge in [0, 0.05) is 0 Å². The van der Waals surface area contributed by atoms with E-state index in [0.717, 1.165) is 5.56 Å². The predicted molar refractivity (Wildman–Crippen MR) is 102 cm³/mol. The molecule has 1 N–H and O–H groups in total. The Kier molecular flexibility index (Phi) is 5.36. The Morgan fingerprint density at radius 3 is 2.40 bits per heavy atom. The van der Waals surface area contributed by atoms with Gasteiger partial charge in [0.2, 0.25) is 0 Å². The Labute approximate surface area is 150 Å². The number of aliphatic hydroxyl groups excluding tert-OH is 1. The number of carbonyl (C=O) groups is 1. The molecule has 0 amide bonds. The second-order valence-electron chi connectivity index (χ2n) is 5.22. The molecule has 25 heavy (non-hydrogen) atoms. The zero-order chi connectivity index (χ0) is 17.6. The lowest BCUT2D eigenvalue weighted by atomic mass is 10.1. The summed E-state index contributed by atoms with van der Waals surface area (Å²) in [5, 5.41) is 11.0. The molecule has 2 aromatic rings. The van der Waals surface area contributed by atoms with Crippen LogP contribution >= 0.6 is 11.8 Å². The molecule has 4 nitrogen and oxygen atoms in total. The van der Waals surface area contributed by atoms with Crippen molar-refractivity contribution in [3.8, 4) is 0 Å². The highest BCUT2D eigenvalue weighted by molar-refractivity contribution is 8.18. The molecule has 5 heteroatoms. The van der Waals surface area contributed by atoms with E-state index in [2.05, 4.69) is 4.99 Å². The molecule has 1 aliphatic heterocycles. The van der Waals surface area contributed by atoms with Crippen LogP contribution in [0.15, 0.2) is 81.9 Å². The maximum atomic E-state index is 12.3. The van der Waals surface area contributed by atoms with Gasteiger partial charge in [-0.05, 0) is 30.7 Å². The summed E-state index contributed by atoms with van der Waals surface area (Å²) in [4.78, 5) is 17.4. The number of carbonyl (C=O) groups excluding carboxylic acids is 1. The van der Waals surface area contributed by atoms with E-state index < -0.39 is 5.97 Å². The second-order valence-corrected chi connectivity index (χ2v) is 6.25. The number of rotatable bonds is 4. The zero-order valence-corrected chi connectivity index (χ0v) is 14.5. The van der Waals surface area contributed by atoms with Crippen molar-refractivity contribution in [1.29, 1.82) is 0 Å². The fourth-order valence-corrected chi connectivity index (χ4v) is 3.35. The standard InChI is InChI=1S/C20H17NO3S/c1-2-24-20(23)17-18(22)16(13-14-9-5-3-6-10-14)25-19(17)21-15-11-7-4-8-12-15/h3-13,22H,2H2,1H3/b16-13+,21-19?. The molecule has 2 aromatic carbocycles. The van der Waals surface area contributed by atoms with Gasteiger partial charge in [0.15, 0.2) is 0 Å². The molecule has 0 aliphatic carbocycles. The number of benzene rings is 2. The van der Waals surface area contributed by atoms with Crippen LogP contribution in [0.1, 0.15) is 12.5 Å². The number of aliphatic hydroxyl groups is 1. The topological polar surface area (TPSA) is 58.9 Å². The molecule has 0 spiro atoms. The summed E-state index contributed by atoms with van der Waals surface area (Å²) in [6.07, 6.45) is 1.83. The van der Waals surface area contributed by atoms with Crippen molar-refractivity contribution in [2.24, 2.45) is 4.99 Å². The second kappa shape index (κ2) is 7.85. The van der Waals surface area contributed by atoms with E-state index in [-0.39, 0.29) is 17.9 Å². The Morgan fingerprint density at radius 1 is 1.12 bits per heavy atom. The first-order valence-electron chi connectivity index (χ1n) is 7.88. The number of hydrogen-bond acceptors (Lipinski definition) is 5. The molecule has 0 unspecified atom stereocenters. The van der Waals surface area contributed by atoms with Gasteiger partial charge in [0.25, 0.3) is 0 Å². The minimum atomic E-state index is -0.571. The van der Waals surface area contributed by atoms with E-state index in [1.165, 1.54) is 11.8 Å². The van der Waals surface area contributed by atoms with E-state index in [4.69, 9.17) is 4.74 Å². The van der Waals surface area contributed by atoms with Gasteiger partial charge in [-0.3, -0.25) is 0 Å². The Bertz CT molecular complexity index is 855. The minimum absolute atomic E-state index is 0.0954. The molecule has 0 radical (unpaired) electrons.